The van der Waals surface area contributed by atoms with Gasteiger partial charge >= 0.3 is 6.03 Å². The van der Waals surface area contributed by atoms with E-state index in [1.165, 1.54) is 5.56 Å². The van der Waals surface area contributed by atoms with Gasteiger partial charge in [0.25, 0.3) is 0 Å². The molecule has 2 aromatic carbocycles. The largest absolute Gasteiger partial charge is 0.338 e. The normalized spacial score (nSPS) is 14.3. The minimum Gasteiger partial charge on any atom is -0.338 e. The number of rotatable bonds is 8. The maximum absolute atomic E-state index is 13.5. The number of likely N-dealkylation sites (tertiary alicyclic amines) is 1. The van der Waals surface area contributed by atoms with Gasteiger partial charge in [0, 0.05) is 45.2 Å². The lowest BCUT2D eigenvalue weighted by atomic mass is 9.95. The lowest BCUT2D eigenvalue weighted by molar-refractivity contribution is -0.137. The van der Waals surface area contributed by atoms with Crippen molar-refractivity contribution in [2.75, 3.05) is 32.7 Å². The van der Waals surface area contributed by atoms with Crippen molar-refractivity contribution in [3.8, 4) is 0 Å². The van der Waals surface area contributed by atoms with Gasteiger partial charge in [0.1, 0.15) is 0 Å². The molecule has 3 amide bonds. The lowest BCUT2D eigenvalue weighted by Crippen LogP contribution is -2.49. The average Bonchev–Trinajstić information content (AvgIpc) is 2.83. The first-order valence-corrected chi connectivity index (χ1v) is 11.5. The first-order valence-electron chi connectivity index (χ1n) is 11.5. The molecule has 1 saturated heterocycles. The Hall–Kier alpha value is -2.82. The monoisotopic (exact) mass is 421 g/mol. The number of carbonyl (C=O) groups is 2. The molecular weight excluding hydrogens is 386 g/mol. The third-order valence-electron chi connectivity index (χ3n) is 6.19. The van der Waals surface area contributed by atoms with Crippen LogP contribution in [0.25, 0.3) is 0 Å². The van der Waals surface area contributed by atoms with E-state index in [1.807, 2.05) is 64.9 Å². The Morgan fingerprint density at radius 3 is 1.94 bits per heavy atom. The van der Waals surface area contributed by atoms with E-state index in [4.69, 9.17) is 0 Å². The van der Waals surface area contributed by atoms with Gasteiger partial charge in [0.2, 0.25) is 5.91 Å². The molecule has 0 spiro atoms. The van der Waals surface area contributed by atoms with Crippen molar-refractivity contribution in [1.29, 1.82) is 0 Å². The van der Waals surface area contributed by atoms with E-state index in [9.17, 15) is 9.59 Å². The summed E-state index contributed by atoms with van der Waals surface area (Å²) >= 11 is 0. The van der Waals surface area contributed by atoms with Crippen molar-refractivity contribution in [3.05, 3.63) is 71.8 Å². The number of carbonyl (C=O) groups excluding carboxylic acids is 2. The van der Waals surface area contributed by atoms with Gasteiger partial charge in [0.15, 0.2) is 0 Å². The molecule has 166 valence electrons. The summed E-state index contributed by atoms with van der Waals surface area (Å²) in [7, 11) is 0. The summed E-state index contributed by atoms with van der Waals surface area (Å²) in [6.07, 6.45) is 2.32. The van der Waals surface area contributed by atoms with Crippen molar-refractivity contribution < 1.29 is 9.59 Å². The number of piperidine rings is 1. The van der Waals surface area contributed by atoms with Crippen LogP contribution >= 0.6 is 0 Å². The molecule has 1 heterocycles. The van der Waals surface area contributed by atoms with Gasteiger partial charge in [-0.25, -0.2) is 4.79 Å². The minimum atomic E-state index is -0.0137. The lowest BCUT2D eigenvalue weighted by Gasteiger charge is -2.36. The molecule has 0 bridgehead atoms. The molecule has 5 heteroatoms. The maximum Gasteiger partial charge on any atom is 0.319 e. The van der Waals surface area contributed by atoms with Gasteiger partial charge in [-0.05, 0) is 44.2 Å². The van der Waals surface area contributed by atoms with Crippen molar-refractivity contribution in [2.45, 2.75) is 39.7 Å². The zero-order chi connectivity index (χ0) is 22.1. The summed E-state index contributed by atoms with van der Waals surface area (Å²) in [5.74, 6) is 0.204. The Morgan fingerprint density at radius 2 is 1.39 bits per heavy atom. The Morgan fingerprint density at radius 1 is 0.839 bits per heavy atom. The third kappa shape index (κ3) is 6.33. The number of hydrogen-bond acceptors (Lipinski definition) is 2. The molecule has 31 heavy (non-hydrogen) atoms. The van der Waals surface area contributed by atoms with Crippen LogP contribution in [0.2, 0.25) is 0 Å². The summed E-state index contributed by atoms with van der Waals surface area (Å²) in [6, 6.07) is 20.6. The molecule has 2 aromatic rings. The fourth-order valence-corrected chi connectivity index (χ4v) is 4.25. The molecule has 0 atom stereocenters. The standard InChI is InChI=1S/C26H35N3O2/c1-3-27(4-2)26(31)28-19-16-24(17-20-28)25(30)29(21-23-13-9-6-10-14-23)18-15-22-11-7-5-8-12-22/h5-14,24H,3-4,15-21H2,1-2H3. The molecule has 0 aromatic heterocycles. The van der Waals surface area contributed by atoms with Crippen LogP contribution < -0.4 is 0 Å². The fourth-order valence-electron chi connectivity index (χ4n) is 4.25. The predicted octanol–water partition coefficient (Wildman–Crippen LogP) is 4.43. The van der Waals surface area contributed by atoms with Crippen molar-refractivity contribution >= 4 is 11.9 Å². The Bertz CT molecular complexity index is 813. The highest BCUT2D eigenvalue weighted by molar-refractivity contribution is 5.80. The van der Waals surface area contributed by atoms with Crippen molar-refractivity contribution in [3.63, 3.8) is 0 Å². The predicted molar refractivity (Wildman–Crippen MR) is 125 cm³/mol. The molecule has 1 fully saturated rings. The highest BCUT2D eigenvalue weighted by atomic mass is 16.2. The molecule has 0 saturated carbocycles. The van der Waals surface area contributed by atoms with E-state index in [1.54, 1.807) is 0 Å². The third-order valence-corrected chi connectivity index (χ3v) is 6.19. The molecular formula is C26H35N3O2. The second-order valence-electron chi connectivity index (χ2n) is 8.20. The fraction of sp³-hybridized carbons (Fsp3) is 0.462. The van der Waals surface area contributed by atoms with Gasteiger partial charge < -0.3 is 14.7 Å². The maximum atomic E-state index is 13.5. The molecule has 3 rings (SSSR count). The number of benzene rings is 2. The molecule has 0 aliphatic carbocycles. The van der Waals surface area contributed by atoms with Crippen molar-refractivity contribution in [2.24, 2.45) is 5.92 Å². The summed E-state index contributed by atoms with van der Waals surface area (Å²) in [5.41, 5.74) is 2.39. The van der Waals surface area contributed by atoms with Crippen LogP contribution in [0.15, 0.2) is 60.7 Å². The number of amides is 3. The van der Waals surface area contributed by atoms with Crippen LogP contribution in [-0.4, -0.2) is 59.4 Å². The topological polar surface area (TPSA) is 43.9 Å². The zero-order valence-electron chi connectivity index (χ0n) is 18.9. The van der Waals surface area contributed by atoms with E-state index in [-0.39, 0.29) is 17.9 Å². The van der Waals surface area contributed by atoms with E-state index >= 15 is 0 Å². The highest BCUT2D eigenvalue weighted by Crippen LogP contribution is 2.22. The molecule has 0 radical (unpaired) electrons. The Labute approximate surface area is 186 Å². The van der Waals surface area contributed by atoms with Crippen LogP contribution in [0, 0.1) is 5.92 Å². The van der Waals surface area contributed by atoms with Gasteiger partial charge in [-0.1, -0.05) is 60.7 Å². The van der Waals surface area contributed by atoms with Gasteiger partial charge in [-0.2, -0.15) is 0 Å². The molecule has 5 nitrogen and oxygen atoms in total. The van der Waals surface area contributed by atoms with Crippen LogP contribution in [-0.2, 0) is 17.8 Å². The first-order chi connectivity index (χ1) is 15.1. The minimum absolute atomic E-state index is 0.0137. The molecule has 0 unspecified atom stereocenters. The number of hydrogen-bond donors (Lipinski definition) is 0. The van der Waals surface area contributed by atoms with Crippen LogP contribution in [0.4, 0.5) is 4.79 Å². The zero-order valence-corrected chi connectivity index (χ0v) is 18.9. The highest BCUT2D eigenvalue weighted by Gasteiger charge is 2.31. The van der Waals surface area contributed by atoms with Gasteiger partial charge in [-0.15, -0.1) is 0 Å². The second-order valence-corrected chi connectivity index (χ2v) is 8.20. The van der Waals surface area contributed by atoms with Gasteiger partial charge in [0.05, 0.1) is 0 Å². The number of urea groups is 1. The van der Waals surface area contributed by atoms with E-state index in [0.29, 0.717) is 26.2 Å². The summed E-state index contributed by atoms with van der Waals surface area (Å²) < 4.78 is 0. The SMILES string of the molecule is CCN(CC)C(=O)N1CCC(C(=O)N(CCc2ccccc2)Cc2ccccc2)CC1. The summed E-state index contributed by atoms with van der Waals surface area (Å²) in [4.78, 5) is 31.9. The smallest absolute Gasteiger partial charge is 0.319 e. The first kappa shape index (κ1) is 22.9. The summed E-state index contributed by atoms with van der Waals surface area (Å²) in [5, 5.41) is 0. The second kappa shape index (κ2) is 11.5. The van der Waals surface area contributed by atoms with Gasteiger partial charge in [-0.3, -0.25) is 4.79 Å². The molecule has 0 N–H and O–H groups in total. The molecule has 1 aliphatic rings. The average molecular weight is 422 g/mol. The quantitative estimate of drug-likeness (QED) is 0.633. The van der Waals surface area contributed by atoms with Crippen LogP contribution in [0.1, 0.15) is 37.8 Å². The van der Waals surface area contributed by atoms with E-state index < -0.39 is 0 Å². The Kier molecular flexibility index (Phi) is 8.51. The van der Waals surface area contributed by atoms with Crippen LogP contribution in [0.3, 0.4) is 0 Å². The van der Waals surface area contributed by atoms with E-state index in [2.05, 4.69) is 24.3 Å². The number of nitrogens with zero attached hydrogens (tertiary/aromatic N) is 3. The van der Waals surface area contributed by atoms with E-state index in [0.717, 1.165) is 37.9 Å². The summed E-state index contributed by atoms with van der Waals surface area (Å²) in [6.45, 7) is 8.10. The van der Waals surface area contributed by atoms with Crippen LogP contribution in [0.5, 0.6) is 0 Å². The Balaban J connectivity index is 1.63. The molecule has 1 aliphatic heterocycles. The van der Waals surface area contributed by atoms with Crippen molar-refractivity contribution in [1.82, 2.24) is 14.7 Å².